The number of benzene rings is 1. The van der Waals surface area contributed by atoms with Crippen molar-refractivity contribution in [2.75, 3.05) is 5.32 Å². The van der Waals surface area contributed by atoms with Gasteiger partial charge < -0.3 is 5.32 Å². The monoisotopic (exact) mass is 481 g/mol. The zero-order valence-electron chi connectivity index (χ0n) is 15.3. The second-order valence-electron chi connectivity index (χ2n) is 6.29. The molecule has 1 amide bonds. The van der Waals surface area contributed by atoms with Crippen molar-refractivity contribution < 1.29 is 61.9 Å². The fourth-order valence-corrected chi connectivity index (χ4v) is 2.31. The number of hydrogen-bond donors (Lipinski definition) is 1. The largest absolute Gasteiger partial charge is 0.460 e. The van der Waals surface area contributed by atoms with Crippen LogP contribution in [0.1, 0.15) is 18.1 Å². The Morgan fingerprint density at radius 1 is 0.774 bits per heavy atom. The number of nitrogens with one attached hydrogen (secondary N) is 1. The molecule has 0 saturated heterocycles. The van der Waals surface area contributed by atoms with Gasteiger partial charge in [-0.15, -0.1) is 0 Å². The predicted octanol–water partition coefficient (Wildman–Crippen LogP) is 6.23. The fraction of sp³-hybridized carbons (Fsp3) is 0.562. The highest BCUT2D eigenvalue weighted by atomic mass is 19.4. The molecule has 0 spiro atoms. The van der Waals surface area contributed by atoms with Gasteiger partial charge in [0, 0.05) is 5.69 Å². The van der Waals surface area contributed by atoms with Gasteiger partial charge in [0.05, 0.1) is 0 Å². The molecule has 0 aromatic heterocycles. The lowest BCUT2D eigenvalue weighted by atomic mass is 9.93. The smallest absolute Gasteiger partial charge is 0.320 e. The van der Waals surface area contributed by atoms with Crippen molar-refractivity contribution in [1.29, 1.82) is 0 Å². The van der Waals surface area contributed by atoms with Crippen molar-refractivity contribution in [2.45, 2.75) is 56.1 Å². The van der Waals surface area contributed by atoms with Crippen LogP contribution < -0.4 is 5.32 Å². The topological polar surface area (TPSA) is 29.1 Å². The minimum absolute atomic E-state index is 0.00756. The van der Waals surface area contributed by atoms with Crippen LogP contribution in [-0.4, -0.2) is 41.7 Å². The third-order valence-corrected chi connectivity index (χ3v) is 4.20. The molecule has 0 aliphatic rings. The zero-order chi connectivity index (χ0) is 24.8. The highest BCUT2D eigenvalue weighted by molar-refractivity contribution is 5.98. The van der Waals surface area contributed by atoms with Crippen LogP contribution in [0.15, 0.2) is 18.2 Å². The van der Waals surface area contributed by atoms with Crippen LogP contribution in [0.3, 0.4) is 0 Å². The third-order valence-electron chi connectivity index (χ3n) is 4.20. The van der Waals surface area contributed by atoms with E-state index in [4.69, 9.17) is 0 Å². The Balaban J connectivity index is 3.48. The van der Waals surface area contributed by atoms with Crippen LogP contribution in [0.5, 0.6) is 0 Å². The minimum Gasteiger partial charge on any atom is -0.320 e. The first-order chi connectivity index (χ1) is 13.6. The van der Waals surface area contributed by atoms with Crippen molar-refractivity contribution in [1.82, 2.24) is 0 Å². The summed E-state index contributed by atoms with van der Waals surface area (Å²) in [7, 11) is 0. The van der Waals surface area contributed by atoms with Crippen molar-refractivity contribution >= 4 is 11.6 Å². The van der Waals surface area contributed by atoms with Crippen LogP contribution in [0, 0.1) is 6.92 Å². The first-order valence-corrected chi connectivity index (χ1v) is 7.97. The summed E-state index contributed by atoms with van der Waals surface area (Å²) in [6.07, 6.45) is -7.53. The zero-order valence-corrected chi connectivity index (χ0v) is 15.3. The van der Waals surface area contributed by atoms with Crippen LogP contribution in [0.4, 0.5) is 62.8 Å². The van der Waals surface area contributed by atoms with Gasteiger partial charge in [0.25, 0.3) is 0 Å². The van der Waals surface area contributed by atoms with Crippen LogP contribution in [0.25, 0.3) is 0 Å². The quantitative estimate of drug-likeness (QED) is 0.460. The van der Waals surface area contributed by atoms with Crippen LogP contribution in [-0.2, 0) is 11.2 Å². The molecule has 31 heavy (non-hydrogen) atoms. The number of alkyl halides is 13. The van der Waals surface area contributed by atoms with E-state index in [1.54, 1.807) is 0 Å². The molecule has 1 N–H and O–H groups in total. The van der Waals surface area contributed by atoms with Gasteiger partial charge in [-0.25, -0.2) is 0 Å². The lowest BCUT2D eigenvalue weighted by Crippen LogP contribution is -2.71. The number of carbonyl (C=O) groups excluding carboxylic acids is 1. The molecule has 0 saturated carbocycles. The SMILES string of the molecule is CCc1cccc(C)c1NC(=O)C(F)(F)C(F)(F)C(F)(F)C(F)(F)C(F)(F)C(F)(F)F. The summed E-state index contributed by atoms with van der Waals surface area (Å²) in [4.78, 5) is 11.6. The number of anilines is 1. The summed E-state index contributed by atoms with van der Waals surface area (Å²) in [5, 5.41) is 1.11. The molecule has 0 radical (unpaired) electrons. The fourth-order valence-electron chi connectivity index (χ4n) is 2.31. The molecule has 0 aliphatic heterocycles. The molecule has 15 heteroatoms. The van der Waals surface area contributed by atoms with Gasteiger partial charge in [0.15, 0.2) is 0 Å². The first kappa shape index (κ1) is 26.8. The summed E-state index contributed by atoms with van der Waals surface area (Å²) in [6, 6.07) is 3.66. The number of amides is 1. The molecule has 178 valence electrons. The number of aryl methyl sites for hydroxylation is 2. The Morgan fingerprint density at radius 3 is 1.65 bits per heavy atom. The van der Waals surface area contributed by atoms with Crippen molar-refractivity contribution in [2.24, 2.45) is 0 Å². The highest BCUT2D eigenvalue weighted by Gasteiger charge is 2.91. The van der Waals surface area contributed by atoms with E-state index in [0.29, 0.717) is 0 Å². The van der Waals surface area contributed by atoms with Crippen LogP contribution in [0.2, 0.25) is 0 Å². The number of rotatable bonds is 7. The summed E-state index contributed by atoms with van der Waals surface area (Å²) in [5.41, 5.74) is -0.651. The van der Waals surface area contributed by atoms with Crippen molar-refractivity contribution in [3.8, 4) is 0 Å². The van der Waals surface area contributed by atoms with Gasteiger partial charge in [-0.05, 0) is 24.5 Å². The van der Waals surface area contributed by atoms with E-state index in [1.165, 1.54) is 19.1 Å². The van der Waals surface area contributed by atoms with E-state index in [0.717, 1.165) is 18.3 Å². The number of hydrogen-bond acceptors (Lipinski definition) is 1. The Labute approximate surface area is 165 Å². The van der Waals surface area contributed by atoms with E-state index in [2.05, 4.69) is 0 Å². The summed E-state index contributed by atoms with van der Waals surface area (Å²) < 4.78 is 170. The Kier molecular flexibility index (Phi) is 6.68. The van der Waals surface area contributed by atoms with E-state index in [9.17, 15) is 61.9 Å². The van der Waals surface area contributed by atoms with E-state index in [1.807, 2.05) is 0 Å². The van der Waals surface area contributed by atoms with Gasteiger partial charge in [-0.2, -0.15) is 57.1 Å². The van der Waals surface area contributed by atoms with E-state index < -0.39 is 47.4 Å². The molecular weight excluding hydrogens is 469 g/mol. The molecule has 0 unspecified atom stereocenters. The second-order valence-corrected chi connectivity index (χ2v) is 6.29. The molecule has 2 nitrogen and oxygen atoms in total. The average molecular weight is 481 g/mol. The van der Waals surface area contributed by atoms with Crippen LogP contribution >= 0.6 is 0 Å². The second kappa shape index (κ2) is 7.73. The van der Waals surface area contributed by atoms with Crippen molar-refractivity contribution in [3.63, 3.8) is 0 Å². The third kappa shape index (κ3) is 3.90. The number of halogens is 13. The molecule has 1 aromatic rings. The standard InChI is InChI=1S/C16H12F13NO/c1-3-8-6-4-5-7(2)9(8)30-10(31)11(17,18)12(19,20)13(21,22)14(23,24)15(25,26)16(27,28)29/h4-6H,3H2,1-2H3,(H,30,31). The molecule has 1 aromatic carbocycles. The molecule has 0 atom stereocenters. The summed E-state index contributed by atoms with van der Waals surface area (Å²) in [5.74, 6) is -41.7. The number of carbonyl (C=O) groups is 1. The summed E-state index contributed by atoms with van der Waals surface area (Å²) >= 11 is 0. The molecule has 0 aliphatic carbocycles. The van der Waals surface area contributed by atoms with Gasteiger partial charge in [-0.3, -0.25) is 4.79 Å². The molecular formula is C16H12F13NO. The van der Waals surface area contributed by atoms with E-state index in [-0.39, 0.29) is 17.5 Å². The summed E-state index contributed by atoms with van der Waals surface area (Å²) in [6.45, 7) is 2.54. The van der Waals surface area contributed by atoms with Gasteiger partial charge >= 0.3 is 41.7 Å². The molecule has 0 heterocycles. The van der Waals surface area contributed by atoms with Crippen molar-refractivity contribution in [3.05, 3.63) is 29.3 Å². The van der Waals surface area contributed by atoms with Gasteiger partial charge in [-0.1, -0.05) is 25.1 Å². The lowest BCUT2D eigenvalue weighted by molar-refractivity contribution is -0.435. The predicted molar refractivity (Wildman–Crippen MR) is 80.0 cm³/mol. The lowest BCUT2D eigenvalue weighted by Gasteiger charge is -2.39. The highest BCUT2D eigenvalue weighted by Crippen LogP contribution is 2.60. The van der Waals surface area contributed by atoms with Gasteiger partial charge in [0.2, 0.25) is 0 Å². The molecule has 0 fully saturated rings. The van der Waals surface area contributed by atoms with E-state index >= 15 is 0 Å². The number of para-hydroxylation sites is 1. The maximum atomic E-state index is 13.9. The molecule has 1 rings (SSSR count). The Hall–Kier alpha value is -2.22. The maximum Gasteiger partial charge on any atom is 0.460 e. The average Bonchev–Trinajstić information content (AvgIpc) is 2.61. The van der Waals surface area contributed by atoms with Gasteiger partial charge in [0.1, 0.15) is 0 Å². The normalized spacial score (nSPS) is 14.5. The Bertz CT molecular complexity index is 829. The maximum absolute atomic E-state index is 13.9. The Morgan fingerprint density at radius 2 is 1.23 bits per heavy atom. The first-order valence-electron chi connectivity index (χ1n) is 7.97. The molecule has 0 bridgehead atoms. The minimum atomic E-state index is -8.05.